The van der Waals surface area contributed by atoms with Crippen molar-refractivity contribution in [3.63, 3.8) is 0 Å². The van der Waals surface area contributed by atoms with Crippen LogP contribution in [0.4, 0.5) is 30.4 Å². The molecule has 0 atom stereocenters. The molecule has 0 unspecified atom stereocenters. The van der Waals surface area contributed by atoms with Crippen molar-refractivity contribution in [1.29, 1.82) is 0 Å². The molecule has 3 aromatic carbocycles. The summed E-state index contributed by atoms with van der Waals surface area (Å²) in [5.41, 5.74) is 1.57. The van der Waals surface area contributed by atoms with Crippen LogP contribution in [0.3, 0.4) is 0 Å². The molecular weight excluding hydrogens is 583 g/mol. The number of aromatic nitrogens is 2. The van der Waals surface area contributed by atoms with Crippen LogP contribution in [0.25, 0.3) is 10.9 Å². The van der Waals surface area contributed by atoms with Crippen molar-refractivity contribution in [2.24, 2.45) is 0 Å². The van der Waals surface area contributed by atoms with Crippen LogP contribution in [0.5, 0.6) is 17.2 Å². The van der Waals surface area contributed by atoms with Crippen molar-refractivity contribution < 1.29 is 27.4 Å². The van der Waals surface area contributed by atoms with Crippen molar-refractivity contribution >= 4 is 45.6 Å². The van der Waals surface area contributed by atoms with Gasteiger partial charge in [0.2, 0.25) is 5.91 Å². The number of alkyl halides is 3. The molecule has 0 aliphatic heterocycles. The molecule has 0 bridgehead atoms. The molecule has 0 fully saturated rings. The molecule has 1 aromatic heterocycles. The van der Waals surface area contributed by atoms with E-state index >= 15 is 0 Å². The molecule has 4 aromatic rings. The topological polar surface area (TPSA) is 88.6 Å². The second kappa shape index (κ2) is 13.3. The molecule has 1 heterocycles. The average molecular weight is 614 g/mol. The first-order valence-corrected chi connectivity index (χ1v) is 13.6. The number of hydrogen-bond acceptors (Lipinski definition) is 7. The highest BCUT2D eigenvalue weighted by Gasteiger charge is 2.30. The van der Waals surface area contributed by atoms with Gasteiger partial charge in [0.1, 0.15) is 29.4 Å². The molecule has 0 radical (unpaired) electrons. The predicted octanol–water partition coefficient (Wildman–Crippen LogP) is 8.03. The highest BCUT2D eigenvalue weighted by atomic mass is 35.5. The van der Waals surface area contributed by atoms with Gasteiger partial charge in [-0.15, -0.1) is 0 Å². The summed E-state index contributed by atoms with van der Waals surface area (Å²) in [6, 6.07) is 11.3. The number of anilines is 3. The summed E-state index contributed by atoms with van der Waals surface area (Å²) in [6.45, 7) is 4.53. The van der Waals surface area contributed by atoms with Crippen LogP contribution in [0.2, 0.25) is 5.02 Å². The summed E-state index contributed by atoms with van der Waals surface area (Å²) in [6.07, 6.45) is 0.0880. The first kappa shape index (κ1) is 31.6. The lowest BCUT2D eigenvalue weighted by molar-refractivity contribution is -0.137. The molecule has 0 saturated heterocycles. The second-order valence-electron chi connectivity index (χ2n) is 10.2. The van der Waals surface area contributed by atoms with E-state index in [-0.39, 0.29) is 28.3 Å². The van der Waals surface area contributed by atoms with Crippen LogP contribution >= 0.6 is 11.6 Å². The van der Waals surface area contributed by atoms with Gasteiger partial charge in [-0.2, -0.15) is 13.2 Å². The Hall–Kier alpha value is -4.35. The first-order chi connectivity index (χ1) is 20.3. The van der Waals surface area contributed by atoms with Crippen LogP contribution in [-0.4, -0.2) is 48.5 Å². The largest absolute Gasteiger partial charge is 0.494 e. The Balaban J connectivity index is 1.68. The smallest absolute Gasteiger partial charge is 0.416 e. The highest BCUT2D eigenvalue weighted by Crippen LogP contribution is 2.41. The van der Waals surface area contributed by atoms with E-state index in [0.29, 0.717) is 40.4 Å². The van der Waals surface area contributed by atoms with Crippen LogP contribution in [0.15, 0.2) is 67.0 Å². The van der Waals surface area contributed by atoms with Crippen molar-refractivity contribution in [3.05, 3.63) is 83.2 Å². The van der Waals surface area contributed by atoms with Crippen molar-refractivity contribution in [2.75, 3.05) is 38.4 Å². The fourth-order valence-electron chi connectivity index (χ4n) is 4.22. The predicted molar refractivity (Wildman–Crippen MR) is 163 cm³/mol. The van der Waals surface area contributed by atoms with Crippen molar-refractivity contribution in [2.45, 2.75) is 25.9 Å². The zero-order valence-corrected chi connectivity index (χ0v) is 25.0. The molecule has 8 nitrogen and oxygen atoms in total. The Labute approximate surface area is 252 Å². The lowest BCUT2D eigenvalue weighted by Crippen LogP contribution is -2.13. The number of hydrogen-bond donors (Lipinski definition) is 2. The van der Waals surface area contributed by atoms with Gasteiger partial charge in [-0.1, -0.05) is 37.6 Å². The highest BCUT2D eigenvalue weighted by molar-refractivity contribution is 6.32. The van der Waals surface area contributed by atoms with Gasteiger partial charge in [0, 0.05) is 29.8 Å². The van der Waals surface area contributed by atoms with Crippen LogP contribution < -0.4 is 20.1 Å². The van der Waals surface area contributed by atoms with Gasteiger partial charge in [-0.05, 0) is 62.0 Å². The molecule has 0 aliphatic carbocycles. The minimum absolute atomic E-state index is 0.00835. The minimum Gasteiger partial charge on any atom is -0.494 e. The Kier molecular flexibility index (Phi) is 9.77. The third kappa shape index (κ3) is 7.94. The summed E-state index contributed by atoms with van der Waals surface area (Å²) >= 11 is 6.56. The van der Waals surface area contributed by atoms with Crippen molar-refractivity contribution in [1.82, 2.24) is 14.9 Å². The van der Waals surface area contributed by atoms with E-state index < -0.39 is 11.7 Å². The normalized spacial score (nSPS) is 11.9. The number of ether oxygens (including phenoxy) is 2. The average Bonchev–Trinajstić information content (AvgIpc) is 2.93. The molecule has 43 heavy (non-hydrogen) atoms. The van der Waals surface area contributed by atoms with E-state index in [1.807, 2.05) is 32.8 Å². The van der Waals surface area contributed by atoms with Crippen LogP contribution in [0.1, 0.15) is 30.9 Å². The Morgan fingerprint density at radius 2 is 1.84 bits per heavy atom. The molecular formula is C31H31ClF3N5O3. The molecule has 0 saturated carbocycles. The number of carbonyl (C=O) groups is 1. The summed E-state index contributed by atoms with van der Waals surface area (Å²) in [7, 11) is 5.30. The maximum Gasteiger partial charge on any atom is 0.416 e. The van der Waals surface area contributed by atoms with Gasteiger partial charge in [0.25, 0.3) is 0 Å². The first-order valence-electron chi connectivity index (χ1n) is 13.3. The van der Waals surface area contributed by atoms with E-state index in [9.17, 15) is 18.0 Å². The Morgan fingerprint density at radius 1 is 1.07 bits per heavy atom. The zero-order chi connectivity index (χ0) is 31.3. The molecule has 0 aliphatic rings. The fourth-order valence-corrected chi connectivity index (χ4v) is 4.42. The molecule has 226 valence electrons. The van der Waals surface area contributed by atoms with E-state index in [4.69, 9.17) is 21.1 Å². The number of likely N-dealkylation sites (N-methyl/N-ethyl adjacent to an activating group) is 1. The van der Waals surface area contributed by atoms with Gasteiger partial charge < -0.3 is 25.0 Å². The van der Waals surface area contributed by atoms with Gasteiger partial charge in [-0.3, -0.25) is 4.79 Å². The summed E-state index contributed by atoms with van der Waals surface area (Å²) in [5.74, 6) is 0.731. The number of nitrogens with zero attached hydrogens (tertiary/aromatic N) is 3. The molecule has 2 N–H and O–H groups in total. The maximum atomic E-state index is 13.2. The number of benzene rings is 3. The van der Waals surface area contributed by atoms with Gasteiger partial charge >= 0.3 is 6.18 Å². The number of carbonyl (C=O) groups excluding carboxylic acids is 1. The van der Waals surface area contributed by atoms with Gasteiger partial charge in [0.15, 0.2) is 0 Å². The second-order valence-corrected chi connectivity index (χ2v) is 10.6. The molecule has 4 rings (SSSR count). The van der Waals surface area contributed by atoms with Gasteiger partial charge in [0.05, 0.1) is 28.9 Å². The third-order valence-electron chi connectivity index (χ3n) is 6.32. The number of halogens is 4. The Bertz CT molecular complexity index is 1660. The number of fused-ring (bicyclic) bond motifs is 1. The van der Waals surface area contributed by atoms with E-state index in [2.05, 4.69) is 20.6 Å². The molecule has 12 heteroatoms. The maximum absolute atomic E-state index is 13.2. The Morgan fingerprint density at radius 3 is 2.51 bits per heavy atom. The van der Waals surface area contributed by atoms with E-state index in [0.717, 1.165) is 17.7 Å². The standard InChI is InChI=1S/C31H31ClF3N5O3/c1-18(2)21-14-27(43-20-9-6-8-19(12-20)31(33,34)35)23(32)15-25(21)39-30-22-13-26(38-29(41)10-7-11-40(3)4)28(42-5)16-24(22)36-17-37-30/h6-10,12-18H,11H2,1-5H3,(H,38,41)(H,36,37,39)/b10-7+. The summed E-state index contributed by atoms with van der Waals surface area (Å²) < 4.78 is 50.9. The van der Waals surface area contributed by atoms with E-state index in [1.54, 1.807) is 30.3 Å². The molecule has 0 spiro atoms. The van der Waals surface area contributed by atoms with E-state index in [1.165, 1.54) is 31.6 Å². The lowest BCUT2D eigenvalue weighted by atomic mass is 10.0. The number of rotatable bonds is 10. The third-order valence-corrected chi connectivity index (χ3v) is 6.62. The van der Waals surface area contributed by atoms with Crippen LogP contribution in [0, 0.1) is 0 Å². The van der Waals surface area contributed by atoms with Crippen molar-refractivity contribution in [3.8, 4) is 17.2 Å². The number of methoxy groups -OCH3 is 1. The van der Waals surface area contributed by atoms with Gasteiger partial charge in [-0.25, -0.2) is 9.97 Å². The lowest BCUT2D eigenvalue weighted by Gasteiger charge is -2.19. The van der Waals surface area contributed by atoms with Crippen LogP contribution in [-0.2, 0) is 11.0 Å². The minimum atomic E-state index is -4.50. The fraction of sp³-hybridized carbons (Fsp3) is 0.258. The monoisotopic (exact) mass is 613 g/mol. The quantitative estimate of drug-likeness (QED) is 0.175. The number of amides is 1. The summed E-state index contributed by atoms with van der Waals surface area (Å²) in [4.78, 5) is 23.3. The number of nitrogens with one attached hydrogen (secondary N) is 2. The summed E-state index contributed by atoms with van der Waals surface area (Å²) in [5, 5.41) is 6.94. The SMILES string of the molecule is COc1cc2ncnc(Nc3cc(Cl)c(Oc4cccc(C(F)(F)F)c4)cc3C(C)C)c2cc1NC(=O)/C=C/CN(C)C. The molecule has 1 amide bonds. The zero-order valence-electron chi connectivity index (χ0n) is 24.2.